The Hall–Kier alpha value is -3.11. The van der Waals surface area contributed by atoms with Crippen molar-refractivity contribution < 1.29 is 19.4 Å². The van der Waals surface area contributed by atoms with Crippen LogP contribution >= 0.6 is 0 Å². The molecule has 0 amide bonds. The lowest BCUT2D eigenvalue weighted by molar-refractivity contribution is 0.0786. The molecule has 4 aromatic rings. The van der Waals surface area contributed by atoms with E-state index in [4.69, 9.17) is 14.3 Å². The Labute approximate surface area is 187 Å². The molecule has 30 heavy (non-hydrogen) atoms. The molecule has 0 fully saturated rings. The second-order valence-corrected chi connectivity index (χ2v) is 7.57. The normalized spacial score (nSPS) is 19.8. The lowest BCUT2D eigenvalue weighted by Gasteiger charge is -2.18. The van der Waals surface area contributed by atoms with Crippen molar-refractivity contribution in [1.82, 2.24) is 9.38 Å². The van der Waals surface area contributed by atoms with Gasteiger partial charge in [-0.15, -0.1) is 0 Å². The number of aromatic nitrogens is 2. The third-order valence-electron chi connectivity index (χ3n) is 5.03. The number of ether oxygens (including phenoxy) is 1. The van der Waals surface area contributed by atoms with Crippen LogP contribution in [0.3, 0.4) is 0 Å². The van der Waals surface area contributed by atoms with Gasteiger partial charge in [-0.1, -0.05) is 24.3 Å². The van der Waals surface area contributed by atoms with Crippen molar-refractivity contribution in [2.45, 2.75) is 46.2 Å². The van der Waals surface area contributed by atoms with Gasteiger partial charge in [0.05, 0.1) is 24.9 Å². The van der Waals surface area contributed by atoms with Crippen LogP contribution in [0.5, 0.6) is 5.75 Å². The SMILES string of the molecule is [2H]C([2H])([2H])C([2H])(C)Oc1ccc(-c2cnc3cc(C)c(-c4ccc(C(C)(O)C([2H])([2H])[2H])cc4)cn23)cc1. The lowest BCUT2D eigenvalue weighted by Crippen LogP contribution is -2.14. The highest BCUT2D eigenvalue weighted by molar-refractivity contribution is 5.72. The molecule has 4 rings (SSSR count). The maximum Gasteiger partial charge on any atom is 0.137 e. The monoisotopic (exact) mass is 407 g/mol. The summed E-state index contributed by atoms with van der Waals surface area (Å²) in [6.45, 7) is -0.692. The molecule has 2 atom stereocenters. The van der Waals surface area contributed by atoms with E-state index in [1.165, 1.54) is 13.8 Å². The molecule has 0 saturated heterocycles. The molecule has 0 aliphatic carbocycles. The summed E-state index contributed by atoms with van der Waals surface area (Å²) in [5.74, 6) is 0.274. The van der Waals surface area contributed by atoms with Gasteiger partial charge in [-0.2, -0.15) is 0 Å². The third-order valence-corrected chi connectivity index (χ3v) is 5.03. The van der Waals surface area contributed by atoms with Gasteiger partial charge in [0.15, 0.2) is 0 Å². The highest BCUT2D eigenvalue weighted by Gasteiger charge is 2.16. The van der Waals surface area contributed by atoms with Gasteiger partial charge in [-0.25, -0.2) is 4.98 Å². The first-order valence-electron chi connectivity index (χ1n) is 13.1. The summed E-state index contributed by atoms with van der Waals surface area (Å²) in [4.78, 5) is 4.51. The van der Waals surface area contributed by atoms with Crippen LogP contribution in [0.2, 0.25) is 0 Å². The van der Waals surface area contributed by atoms with Crippen molar-refractivity contribution in [2.75, 3.05) is 0 Å². The molecule has 0 aliphatic rings. The first-order valence-corrected chi connectivity index (χ1v) is 9.62. The van der Waals surface area contributed by atoms with Crippen molar-refractivity contribution >= 4 is 5.65 Å². The number of benzene rings is 2. The largest absolute Gasteiger partial charge is 0.491 e. The van der Waals surface area contributed by atoms with Crippen LogP contribution < -0.4 is 4.74 Å². The second kappa shape index (κ2) is 7.62. The van der Waals surface area contributed by atoms with Gasteiger partial charge in [-0.3, -0.25) is 4.40 Å². The van der Waals surface area contributed by atoms with E-state index in [0.717, 1.165) is 33.6 Å². The van der Waals surface area contributed by atoms with Crippen molar-refractivity contribution in [3.8, 4) is 28.1 Å². The van der Waals surface area contributed by atoms with Gasteiger partial charge >= 0.3 is 0 Å². The minimum atomic E-state index is -2.59. The zero-order valence-corrected chi connectivity index (χ0v) is 17.1. The number of pyridine rings is 1. The molecule has 0 saturated carbocycles. The first kappa shape index (κ1) is 13.2. The van der Waals surface area contributed by atoms with Gasteiger partial charge in [0, 0.05) is 25.5 Å². The van der Waals surface area contributed by atoms with Crippen molar-refractivity contribution in [1.29, 1.82) is 0 Å². The number of aliphatic hydroxyl groups is 1. The van der Waals surface area contributed by atoms with Gasteiger partial charge < -0.3 is 9.84 Å². The number of nitrogens with zero attached hydrogens (tertiary/aromatic N) is 2. The molecule has 2 aromatic carbocycles. The zero-order chi connectivity index (χ0) is 27.4. The fourth-order valence-electron chi connectivity index (χ4n) is 3.48. The predicted octanol–water partition coefficient (Wildman–Crippen LogP) is 5.99. The second-order valence-electron chi connectivity index (χ2n) is 7.57. The summed E-state index contributed by atoms with van der Waals surface area (Å²) in [6, 6.07) is 15.6. The molecule has 0 radical (unpaired) electrons. The molecule has 0 bridgehead atoms. The molecule has 2 aromatic heterocycles. The summed E-state index contributed by atoms with van der Waals surface area (Å²) < 4.78 is 60.6. The average Bonchev–Trinajstić information content (AvgIpc) is 3.20. The zero-order valence-electron chi connectivity index (χ0n) is 24.1. The molecule has 1 N–H and O–H groups in total. The van der Waals surface area contributed by atoms with E-state index in [1.54, 1.807) is 54.7 Å². The number of hydrogen-bond donors (Lipinski definition) is 1. The van der Waals surface area contributed by atoms with Crippen LogP contribution in [0.4, 0.5) is 0 Å². The van der Waals surface area contributed by atoms with E-state index < -0.39 is 25.4 Å². The maximum absolute atomic E-state index is 10.5. The van der Waals surface area contributed by atoms with Gasteiger partial charge in [-0.05, 0) is 81.5 Å². The topological polar surface area (TPSA) is 46.8 Å². The molecule has 154 valence electrons. The smallest absolute Gasteiger partial charge is 0.137 e. The molecule has 4 heteroatoms. The summed E-state index contributed by atoms with van der Waals surface area (Å²) in [5, 5.41) is 10.5. The summed E-state index contributed by atoms with van der Waals surface area (Å²) in [6.07, 6.45) is 1.61. The van der Waals surface area contributed by atoms with Crippen molar-refractivity contribution in [3.05, 3.63) is 78.1 Å². The highest BCUT2D eigenvalue weighted by Crippen LogP contribution is 2.30. The number of imidazole rings is 1. The van der Waals surface area contributed by atoms with Crippen LogP contribution in [-0.2, 0) is 5.60 Å². The fraction of sp³-hybridized carbons (Fsp3) is 0.269. The highest BCUT2D eigenvalue weighted by atomic mass is 16.5. The van der Waals surface area contributed by atoms with E-state index >= 15 is 0 Å². The Bertz CT molecular complexity index is 1420. The molecule has 2 unspecified atom stereocenters. The molecular weight excluding hydrogens is 372 g/mol. The maximum atomic E-state index is 10.5. The molecule has 0 spiro atoms. The number of fused-ring (bicyclic) bond motifs is 1. The Balaban J connectivity index is 1.68. The quantitative estimate of drug-likeness (QED) is 0.442. The lowest BCUT2D eigenvalue weighted by atomic mass is 9.95. The van der Waals surface area contributed by atoms with E-state index in [9.17, 15) is 5.11 Å². The van der Waals surface area contributed by atoms with E-state index in [-0.39, 0.29) is 5.75 Å². The van der Waals surface area contributed by atoms with E-state index in [0.29, 0.717) is 5.56 Å². The van der Waals surface area contributed by atoms with E-state index in [1.807, 2.05) is 23.6 Å². The average molecular weight is 408 g/mol. The summed E-state index contributed by atoms with van der Waals surface area (Å²) in [5.41, 5.74) is 3.44. The minimum absolute atomic E-state index is 0.274. The molecule has 2 heterocycles. The summed E-state index contributed by atoms with van der Waals surface area (Å²) in [7, 11) is 0. The van der Waals surface area contributed by atoms with Gasteiger partial charge in [0.1, 0.15) is 11.4 Å². The van der Waals surface area contributed by atoms with Crippen molar-refractivity contribution in [3.63, 3.8) is 0 Å². The van der Waals surface area contributed by atoms with E-state index in [2.05, 4.69) is 4.98 Å². The molecule has 0 aliphatic heterocycles. The number of rotatable bonds is 5. The Kier molecular flexibility index (Phi) is 3.36. The summed E-state index contributed by atoms with van der Waals surface area (Å²) >= 11 is 0. The van der Waals surface area contributed by atoms with Crippen LogP contribution in [0.1, 0.15) is 48.3 Å². The minimum Gasteiger partial charge on any atom is -0.491 e. The third kappa shape index (κ3) is 3.96. The Morgan fingerprint density at radius 2 is 1.83 bits per heavy atom. The standard InChI is InChI=1S/C26H28N2O2/c1-17(2)30-22-12-8-20(9-13-22)24-15-27-25-14-18(3)23(16-28(24)25)19-6-10-21(11-7-19)26(4,5)29/h6-17,29H,1-5H3/i1D3,4D3,17D. The van der Waals surface area contributed by atoms with Crippen molar-refractivity contribution in [2.24, 2.45) is 0 Å². The molecule has 4 nitrogen and oxygen atoms in total. The van der Waals surface area contributed by atoms with Crippen LogP contribution in [-0.4, -0.2) is 20.6 Å². The van der Waals surface area contributed by atoms with Gasteiger partial charge in [0.2, 0.25) is 0 Å². The van der Waals surface area contributed by atoms with Crippen LogP contribution in [0, 0.1) is 6.92 Å². The first-order chi connectivity index (χ1) is 17.0. The van der Waals surface area contributed by atoms with Crippen LogP contribution in [0.15, 0.2) is 67.0 Å². The van der Waals surface area contributed by atoms with Gasteiger partial charge in [0.25, 0.3) is 0 Å². The molecular formula is C26H28N2O2. The fourth-order valence-corrected chi connectivity index (χ4v) is 3.48. The number of hydrogen-bond acceptors (Lipinski definition) is 3. The Morgan fingerprint density at radius 1 is 1.13 bits per heavy atom. The number of aryl methyl sites for hydroxylation is 1. The van der Waals surface area contributed by atoms with Crippen LogP contribution in [0.25, 0.3) is 28.0 Å². The predicted molar refractivity (Wildman–Crippen MR) is 122 cm³/mol. The Morgan fingerprint density at radius 3 is 2.50 bits per heavy atom.